The summed E-state index contributed by atoms with van der Waals surface area (Å²) in [6.45, 7) is 2.91. The summed E-state index contributed by atoms with van der Waals surface area (Å²) in [5, 5.41) is 9.10. The fourth-order valence-electron chi connectivity index (χ4n) is 2.73. The third kappa shape index (κ3) is 4.17. The lowest BCUT2D eigenvalue weighted by molar-refractivity contribution is 0.181. The lowest BCUT2D eigenvalue weighted by Gasteiger charge is -2.33. The van der Waals surface area contributed by atoms with Gasteiger partial charge in [0.25, 0.3) is 0 Å². The maximum absolute atomic E-state index is 12.6. The smallest absolute Gasteiger partial charge is 0.244 e. The van der Waals surface area contributed by atoms with Crippen LogP contribution in [0.1, 0.15) is 11.1 Å². The van der Waals surface area contributed by atoms with Crippen molar-refractivity contribution in [1.29, 1.82) is 5.26 Å². The number of sulfonamides is 1. The Hall–Kier alpha value is -1.98. The molecule has 130 valence electrons. The Labute approximate surface area is 152 Å². The molecule has 1 saturated heterocycles. The normalized spacial score (nSPS) is 16.5. The molecule has 0 saturated carbocycles. The van der Waals surface area contributed by atoms with Crippen molar-refractivity contribution in [3.8, 4) is 6.07 Å². The highest BCUT2D eigenvalue weighted by molar-refractivity contribution is 7.89. The molecule has 3 rings (SSSR count). The van der Waals surface area contributed by atoms with Gasteiger partial charge in [-0.2, -0.15) is 9.57 Å². The summed E-state index contributed by atoms with van der Waals surface area (Å²) < 4.78 is 26.7. The molecule has 0 atom stereocenters. The molecule has 2 aromatic rings. The van der Waals surface area contributed by atoms with Crippen LogP contribution in [0.3, 0.4) is 0 Å². The van der Waals surface area contributed by atoms with Crippen molar-refractivity contribution in [2.45, 2.75) is 11.4 Å². The maximum Gasteiger partial charge on any atom is 0.244 e. The summed E-state index contributed by atoms with van der Waals surface area (Å²) in [4.78, 5) is 6.22. The number of aromatic nitrogens is 1. The Morgan fingerprint density at radius 3 is 2.32 bits per heavy atom. The SMILES string of the molecule is N#Cc1ccc(CN2CCN(S(=O)(=O)c3ccc(Cl)nc3)CC2)cc1. The van der Waals surface area contributed by atoms with Crippen LogP contribution in [0.5, 0.6) is 0 Å². The van der Waals surface area contributed by atoms with Crippen molar-refractivity contribution in [2.75, 3.05) is 26.2 Å². The van der Waals surface area contributed by atoms with Gasteiger partial charge in [-0.25, -0.2) is 13.4 Å². The van der Waals surface area contributed by atoms with Crippen molar-refractivity contribution in [3.05, 3.63) is 58.9 Å². The van der Waals surface area contributed by atoms with Gasteiger partial charge in [0.1, 0.15) is 10.0 Å². The fraction of sp³-hybridized carbons (Fsp3) is 0.294. The number of halogens is 1. The van der Waals surface area contributed by atoms with Crippen LogP contribution in [0.2, 0.25) is 5.15 Å². The van der Waals surface area contributed by atoms with Crippen LogP contribution >= 0.6 is 11.6 Å². The van der Waals surface area contributed by atoms with Gasteiger partial charge in [0.05, 0.1) is 11.6 Å². The molecule has 1 aromatic carbocycles. The molecule has 8 heteroatoms. The molecule has 0 N–H and O–H groups in total. The lowest BCUT2D eigenvalue weighted by Crippen LogP contribution is -2.48. The second kappa shape index (κ2) is 7.50. The molecule has 0 spiro atoms. The van der Waals surface area contributed by atoms with Crippen LogP contribution in [-0.2, 0) is 16.6 Å². The van der Waals surface area contributed by atoms with Gasteiger partial charge in [-0.15, -0.1) is 0 Å². The molecule has 0 unspecified atom stereocenters. The van der Waals surface area contributed by atoms with Gasteiger partial charge in [-0.05, 0) is 29.8 Å². The minimum atomic E-state index is -3.53. The summed E-state index contributed by atoms with van der Waals surface area (Å²) in [7, 11) is -3.53. The predicted octanol–water partition coefficient (Wildman–Crippen LogP) is 2.11. The van der Waals surface area contributed by atoms with Crippen LogP contribution in [-0.4, -0.2) is 48.8 Å². The Balaban J connectivity index is 1.61. The van der Waals surface area contributed by atoms with Crippen molar-refractivity contribution >= 4 is 21.6 Å². The summed E-state index contributed by atoms with van der Waals surface area (Å²) in [6.07, 6.45) is 1.29. The number of rotatable bonds is 4. The van der Waals surface area contributed by atoms with Crippen LogP contribution < -0.4 is 0 Å². The Bertz CT molecular complexity index is 868. The molecule has 0 aliphatic carbocycles. The van der Waals surface area contributed by atoms with Gasteiger partial charge in [0, 0.05) is 38.9 Å². The average Bonchev–Trinajstić information content (AvgIpc) is 2.63. The highest BCUT2D eigenvalue weighted by Crippen LogP contribution is 2.19. The van der Waals surface area contributed by atoms with E-state index < -0.39 is 10.0 Å². The molecule has 1 aliphatic rings. The monoisotopic (exact) mass is 376 g/mol. The van der Waals surface area contributed by atoms with E-state index in [9.17, 15) is 8.42 Å². The fourth-order valence-corrected chi connectivity index (χ4v) is 4.21. The van der Waals surface area contributed by atoms with Gasteiger partial charge < -0.3 is 0 Å². The molecule has 6 nitrogen and oxygen atoms in total. The Kier molecular flexibility index (Phi) is 5.35. The van der Waals surface area contributed by atoms with E-state index >= 15 is 0 Å². The van der Waals surface area contributed by atoms with Gasteiger partial charge in [-0.3, -0.25) is 4.90 Å². The first kappa shape index (κ1) is 17.8. The molecule has 1 aromatic heterocycles. The van der Waals surface area contributed by atoms with Crippen LogP contribution in [0.25, 0.3) is 0 Å². The quantitative estimate of drug-likeness (QED) is 0.764. The molecule has 0 amide bonds. The Morgan fingerprint density at radius 1 is 1.08 bits per heavy atom. The number of benzene rings is 1. The van der Waals surface area contributed by atoms with Gasteiger partial charge >= 0.3 is 0 Å². The van der Waals surface area contributed by atoms with E-state index in [1.54, 1.807) is 12.1 Å². The number of nitriles is 1. The van der Waals surface area contributed by atoms with E-state index in [0.717, 1.165) is 12.1 Å². The molecule has 1 aliphatic heterocycles. The number of hydrogen-bond acceptors (Lipinski definition) is 5. The summed E-state index contributed by atoms with van der Waals surface area (Å²) in [5.74, 6) is 0. The van der Waals surface area contributed by atoms with Crippen molar-refractivity contribution in [1.82, 2.24) is 14.2 Å². The van der Waals surface area contributed by atoms with E-state index in [1.165, 1.54) is 22.6 Å². The summed E-state index contributed by atoms with van der Waals surface area (Å²) >= 11 is 5.72. The predicted molar refractivity (Wildman–Crippen MR) is 94.4 cm³/mol. The number of piperazine rings is 1. The van der Waals surface area contributed by atoms with Crippen molar-refractivity contribution < 1.29 is 8.42 Å². The average molecular weight is 377 g/mol. The minimum absolute atomic E-state index is 0.164. The standard InChI is InChI=1S/C17H17ClN4O2S/c18-17-6-5-16(12-20-17)25(23,24)22-9-7-21(8-10-22)13-15-3-1-14(11-19)2-4-15/h1-6,12H,7-10,13H2. The van der Waals surface area contributed by atoms with Gasteiger partial charge in [-0.1, -0.05) is 23.7 Å². The number of hydrogen-bond donors (Lipinski definition) is 0. The van der Waals surface area contributed by atoms with Gasteiger partial charge in [0.15, 0.2) is 0 Å². The first-order valence-corrected chi connectivity index (χ1v) is 9.64. The topological polar surface area (TPSA) is 77.3 Å². The lowest BCUT2D eigenvalue weighted by atomic mass is 10.1. The van der Waals surface area contributed by atoms with E-state index in [4.69, 9.17) is 16.9 Å². The largest absolute Gasteiger partial charge is 0.296 e. The van der Waals surface area contributed by atoms with Crippen LogP contribution in [0.4, 0.5) is 0 Å². The highest BCUT2D eigenvalue weighted by Gasteiger charge is 2.28. The maximum atomic E-state index is 12.6. The third-order valence-corrected chi connectivity index (χ3v) is 6.26. The second-order valence-electron chi connectivity index (χ2n) is 5.81. The summed E-state index contributed by atoms with van der Waals surface area (Å²) in [5.41, 5.74) is 1.74. The first-order valence-electron chi connectivity index (χ1n) is 7.82. The first-order chi connectivity index (χ1) is 12.0. The van der Waals surface area contributed by atoms with E-state index in [1.807, 2.05) is 12.1 Å². The van der Waals surface area contributed by atoms with Crippen molar-refractivity contribution in [2.24, 2.45) is 0 Å². The zero-order valence-corrected chi connectivity index (χ0v) is 15.0. The number of nitrogens with zero attached hydrogens (tertiary/aromatic N) is 4. The van der Waals surface area contributed by atoms with E-state index in [2.05, 4.69) is 16.0 Å². The highest BCUT2D eigenvalue weighted by atomic mass is 35.5. The molecular weight excluding hydrogens is 360 g/mol. The minimum Gasteiger partial charge on any atom is -0.296 e. The number of pyridine rings is 1. The van der Waals surface area contributed by atoms with Crippen LogP contribution in [0.15, 0.2) is 47.5 Å². The van der Waals surface area contributed by atoms with E-state index in [0.29, 0.717) is 31.7 Å². The molecule has 25 heavy (non-hydrogen) atoms. The molecule has 0 radical (unpaired) electrons. The zero-order chi connectivity index (χ0) is 17.9. The zero-order valence-electron chi connectivity index (χ0n) is 13.5. The van der Waals surface area contributed by atoms with Crippen LogP contribution in [0, 0.1) is 11.3 Å². The molecular formula is C17H17ClN4O2S. The van der Waals surface area contributed by atoms with E-state index in [-0.39, 0.29) is 10.0 Å². The summed E-state index contributed by atoms with van der Waals surface area (Å²) in [6, 6.07) is 12.5. The second-order valence-corrected chi connectivity index (χ2v) is 8.13. The van der Waals surface area contributed by atoms with Gasteiger partial charge in [0.2, 0.25) is 10.0 Å². The molecule has 2 heterocycles. The molecule has 0 bridgehead atoms. The molecule has 1 fully saturated rings. The third-order valence-electron chi connectivity index (χ3n) is 4.16. The van der Waals surface area contributed by atoms with Crippen molar-refractivity contribution in [3.63, 3.8) is 0 Å². The Morgan fingerprint density at radius 2 is 1.76 bits per heavy atom.